The SMILES string of the molecule is CC=S(c1ccccc1F)N1Cc2ncnc(Nc3cnc4ccccc4c3)c2C1. The number of para-hydroxylation sites is 1. The highest BCUT2D eigenvalue weighted by molar-refractivity contribution is 8.12. The number of fused-ring (bicyclic) bond motifs is 2. The fourth-order valence-corrected chi connectivity index (χ4v) is 5.55. The Hall–Kier alpha value is -3.16. The number of nitrogens with one attached hydrogen (secondary N) is 1. The van der Waals surface area contributed by atoms with E-state index in [-0.39, 0.29) is 5.82 Å². The third-order valence-electron chi connectivity index (χ3n) is 5.11. The normalized spacial score (nSPS) is 14.7. The first kappa shape index (κ1) is 18.8. The molecule has 0 spiro atoms. The van der Waals surface area contributed by atoms with Crippen LogP contribution in [0.5, 0.6) is 0 Å². The zero-order valence-corrected chi connectivity index (χ0v) is 17.2. The van der Waals surface area contributed by atoms with Gasteiger partial charge in [-0.1, -0.05) is 41.0 Å². The summed E-state index contributed by atoms with van der Waals surface area (Å²) in [6, 6.07) is 17.0. The Morgan fingerprint density at radius 1 is 1.03 bits per heavy atom. The minimum absolute atomic E-state index is 0.179. The lowest BCUT2D eigenvalue weighted by Crippen LogP contribution is -2.11. The van der Waals surface area contributed by atoms with Crippen LogP contribution in [0.25, 0.3) is 10.9 Å². The molecule has 150 valence electrons. The Bertz CT molecular complexity index is 1270. The maximum atomic E-state index is 14.4. The monoisotopic (exact) mass is 417 g/mol. The molecular formula is C23H20FN5S. The van der Waals surface area contributed by atoms with E-state index in [0.717, 1.165) is 33.7 Å². The summed E-state index contributed by atoms with van der Waals surface area (Å²) in [4.78, 5) is 14.2. The summed E-state index contributed by atoms with van der Waals surface area (Å²) in [5.74, 6) is 0.592. The average molecular weight is 418 g/mol. The van der Waals surface area contributed by atoms with Gasteiger partial charge in [-0.25, -0.2) is 18.7 Å². The van der Waals surface area contributed by atoms with Crippen LogP contribution in [0, 0.1) is 5.82 Å². The van der Waals surface area contributed by atoms with Gasteiger partial charge in [-0.05, 0) is 36.6 Å². The summed E-state index contributed by atoms with van der Waals surface area (Å²) in [6.07, 6.45) is 3.39. The van der Waals surface area contributed by atoms with Crippen molar-refractivity contribution in [3.8, 4) is 0 Å². The van der Waals surface area contributed by atoms with Crippen molar-refractivity contribution in [1.82, 2.24) is 19.3 Å². The Morgan fingerprint density at radius 3 is 2.73 bits per heavy atom. The van der Waals surface area contributed by atoms with Crippen LogP contribution in [0.3, 0.4) is 0 Å². The number of benzene rings is 2. The number of aromatic nitrogens is 3. The van der Waals surface area contributed by atoms with Gasteiger partial charge in [-0.3, -0.25) is 4.98 Å². The number of hydrogen-bond acceptors (Lipinski definition) is 5. The van der Waals surface area contributed by atoms with E-state index in [2.05, 4.69) is 36.0 Å². The Balaban J connectivity index is 1.44. The highest BCUT2D eigenvalue weighted by Crippen LogP contribution is 2.40. The highest BCUT2D eigenvalue weighted by Gasteiger charge is 2.27. The van der Waals surface area contributed by atoms with Gasteiger partial charge in [0.1, 0.15) is 18.0 Å². The summed E-state index contributed by atoms with van der Waals surface area (Å²) < 4.78 is 16.7. The molecule has 0 saturated heterocycles. The van der Waals surface area contributed by atoms with Gasteiger partial charge >= 0.3 is 0 Å². The smallest absolute Gasteiger partial charge is 0.138 e. The number of pyridine rings is 1. The first-order valence-corrected chi connectivity index (χ1v) is 10.9. The third-order valence-corrected chi connectivity index (χ3v) is 7.15. The van der Waals surface area contributed by atoms with Crippen molar-refractivity contribution in [2.24, 2.45) is 0 Å². The van der Waals surface area contributed by atoms with E-state index < -0.39 is 10.7 Å². The molecule has 30 heavy (non-hydrogen) atoms. The maximum absolute atomic E-state index is 14.4. The number of nitrogens with zero attached hydrogens (tertiary/aromatic N) is 4. The number of rotatable bonds is 4. The summed E-state index contributed by atoms with van der Waals surface area (Å²) >= 11 is 0. The van der Waals surface area contributed by atoms with Gasteiger partial charge in [0.25, 0.3) is 0 Å². The molecule has 0 bridgehead atoms. The molecule has 1 atom stereocenters. The summed E-state index contributed by atoms with van der Waals surface area (Å²) in [5.41, 5.74) is 3.84. The second kappa shape index (κ2) is 7.93. The number of anilines is 2. The van der Waals surface area contributed by atoms with Crippen molar-refractivity contribution in [2.75, 3.05) is 5.32 Å². The highest BCUT2D eigenvalue weighted by atomic mass is 32.2. The van der Waals surface area contributed by atoms with E-state index in [4.69, 9.17) is 0 Å². The first-order chi connectivity index (χ1) is 14.7. The van der Waals surface area contributed by atoms with E-state index in [9.17, 15) is 4.39 Å². The molecule has 0 amide bonds. The van der Waals surface area contributed by atoms with Gasteiger partial charge in [-0.2, -0.15) is 0 Å². The van der Waals surface area contributed by atoms with Gasteiger partial charge in [0.15, 0.2) is 0 Å². The predicted octanol–water partition coefficient (Wildman–Crippen LogP) is 5.29. The largest absolute Gasteiger partial charge is 0.339 e. The molecule has 5 nitrogen and oxygen atoms in total. The van der Waals surface area contributed by atoms with Crippen LogP contribution in [-0.4, -0.2) is 24.6 Å². The van der Waals surface area contributed by atoms with Crippen LogP contribution in [0.4, 0.5) is 15.9 Å². The number of hydrogen-bond donors (Lipinski definition) is 1. The van der Waals surface area contributed by atoms with Gasteiger partial charge in [0.2, 0.25) is 0 Å². The molecule has 1 N–H and O–H groups in total. The summed E-state index contributed by atoms with van der Waals surface area (Å²) in [5, 5.41) is 6.52. The van der Waals surface area contributed by atoms with E-state index >= 15 is 0 Å². The first-order valence-electron chi connectivity index (χ1n) is 9.69. The molecule has 2 aromatic heterocycles. The summed E-state index contributed by atoms with van der Waals surface area (Å²) in [6.45, 7) is 3.29. The van der Waals surface area contributed by atoms with Crippen LogP contribution < -0.4 is 5.32 Å². The lowest BCUT2D eigenvalue weighted by atomic mass is 10.2. The number of halogens is 1. The van der Waals surface area contributed by atoms with Gasteiger partial charge in [0.05, 0.1) is 34.5 Å². The second-order valence-corrected chi connectivity index (χ2v) is 9.02. The van der Waals surface area contributed by atoms with E-state index in [0.29, 0.717) is 18.0 Å². The maximum Gasteiger partial charge on any atom is 0.138 e. The molecule has 0 fully saturated rings. The quantitative estimate of drug-likeness (QED) is 0.458. The second-order valence-electron chi connectivity index (χ2n) is 6.97. The summed E-state index contributed by atoms with van der Waals surface area (Å²) in [7, 11) is -0.456. The van der Waals surface area contributed by atoms with Crippen LogP contribution in [0.1, 0.15) is 18.2 Å². The van der Waals surface area contributed by atoms with Crippen molar-refractivity contribution in [2.45, 2.75) is 24.9 Å². The molecule has 1 unspecified atom stereocenters. The van der Waals surface area contributed by atoms with E-state index in [1.807, 2.05) is 49.5 Å². The van der Waals surface area contributed by atoms with Crippen LogP contribution in [0.15, 0.2) is 72.0 Å². The Kier molecular flexibility index (Phi) is 4.98. The lowest BCUT2D eigenvalue weighted by molar-refractivity contribution is 0.500. The molecule has 0 saturated carbocycles. The molecule has 3 heterocycles. The van der Waals surface area contributed by atoms with Crippen molar-refractivity contribution >= 4 is 38.4 Å². The minimum Gasteiger partial charge on any atom is -0.339 e. The molecule has 2 aromatic carbocycles. The van der Waals surface area contributed by atoms with Crippen LogP contribution in [-0.2, 0) is 13.1 Å². The van der Waals surface area contributed by atoms with Crippen LogP contribution in [0.2, 0.25) is 0 Å². The van der Waals surface area contributed by atoms with Crippen molar-refractivity contribution in [1.29, 1.82) is 0 Å². The molecule has 1 aliphatic heterocycles. The van der Waals surface area contributed by atoms with Gasteiger partial charge < -0.3 is 5.32 Å². The molecule has 0 aliphatic carbocycles. The predicted molar refractivity (Wildman–Crippen MR) is 120 cm³/mol. The molecule has 1 aliphatic rings. The Labute approximate surface area is 176 Å². The topological polar surface area (TPSA) is 53.9 Å². The van der Waals surface area contributed by atoms with Crippen molar-refractivity contribution in [3.63, 3.8) is 0 Å². The molecular weight excluding hydrogens is 397 g/mol. The van der Waals surface area contributed by atoms with E-state index in [1.54, 1.807) is 12.4 Å². The van der Waals surface area contributed by atoms with Gasteiger partial charge in [0, 0.05) is 17.5 Å². The fourth-order valence-electron chi connectivity index (χ4n) is 3.70. The fraction of sp³-hybridized carbons (Fsp3) is 0.130. The van der Waals surface area contributed by atoms with E-state index in [1.165, 1.54) is 6.07 Å². The standard InChI is InChI=1S/C23H20FN5S/c1-2-30(22-10-6-4-8-19(22)24)29-13-18-21(14-29)26-15-27-23(18)28-17-11-16-7-3-5-9-20(16)25-12-17/h2-12,15H,13-14H2,1H3,(H,26,27,28). The minimum atomic E-state index is -0.456. The van der Waals surface area contributed by atoms with Crippen molar-refractivity contribution in [3.05, 3.63) is 84.2 Å². The molecule has 4 aromatic rings. The lowest BCUT2D eigenvalue weighted by Gasteiger charge is -2.21. The average Bonchev–Trinajstić information content (AvgIpc) is 3.20. The zero-order valence-electron chi connectivity index (χ0n) is 16.4. The molecule has 7 heteroatoms. The molecule has 5 rings (SSSR count). The third kappa shape index (κ3) is 3.46. The van der Waals surface area contributed by atoms with Crippen molar-refractivity contribution < 1.29 is 4.39 Å². The zero-order chi connectivity index (χ0) is 20.5. The Morgan fingerprint density at radius 2 is 1.87 bits per heavy atom. The van der Waals surface area contributed by atoms with Gasteiger partial charge in [-0.15, -0.1) is 0 Å². The molecule has 0 radical (unpaired) electrons. The van der Waals surface area contributed by atoms with Crippen LogP contribution >= 0.6 is 10.7 Å².